The van der Waals surface area contributed by atoms with Gasteiger partial charge in [-0.3, -0.25) is 9.69 Å². The molecule has 4 heteroatoms. The zero-order valence-electron chi connectivity index (χ0n) is 14.6. The molecular formula is C21H24N2OS. The number of amides is 1. The normalized spacial score (nSPS) is 15.4. The number of carbonyl (C=O) groups is 1. The molecule has 25 heavy (non-hydrogen) atoms. The van der Waals surface area contributed by atoms with Crippen molar-refractivity contribution in [1.29, 1.82) is 0 Å². The van der Waals surface area contributed by atoms with Crippen LogP contribution in [0.25, 0.3) is 6.08 Å². The Kier molecular flexibility index (Phi) is 6.31. The number of hydrogen-bond acceptors (Lipinski definition) is 3. The number of carbonyl (C=O) groups excluding carboxylic acids is 1. The topological polar surface area (TPSA) is 32.3 Å². The van der Waals surface area contributed by atoms with E-state index in [1.165, 1.54) is 22.6 Å². The van der Waals surface area contributed by atoms with Crippen LogP contribution in [0.2, 0.25) is 0 Å². The van der Waals surface area contributed by atoms with Crippen molar-refractivity contribution in [2.24, 2.45) is 0 Å². The first-order valence-electron chi connectivity index (χ1n) is 8.64. The molecule has 0 aromatic heterocycles. The molecule has 0 radical (unpaired) electrons. The Morgan fingerprint density at radius 2 is 1.92 bits per heavy atom. The van der Waals surface area contributed by atoms with Crippen molar-refractivity contribution in [1.82, 2.24) is 4.90 Å². The number of benzene rings is 2. The molecule has 1 N–H and O–H groups in total. The average molecular weight is 353 g/mol. The molecule has 130 valence electrons. The highest BCUT2D eigenvalue weighted by atomic mass is 32.2. The van der Waals surface area contributed by atoms with E-state index in [2.05, 4.69) is 29.3 Å². The first-order chi connectivity index (χ1) is 12.2. The van der Waals surface area contributed by atoms with Crippen LogP contribution in [-0.2, 0) is 11.3 Å². The van der Waals surface area contributed by atoms with E-state index in [9.17, 15) is 4.79 Å². The van der Waals surface area contributed by atoms with Crippen LogP contribution in [0.1, 0.15) is 16.7 Å². The van der Waals surface area contributed by atoms with Gasteiger partial charge in [0, 0.05) is 42.9 Å². The Morgan fingerprint density at radius 3 is 2.68 bits per heavy atom. The van der Waals surface area contributed by atoms with Crippen LogP contribution >= 0.6 is 11.8 Å². The molecular weight excluding hydrogens is 328 g/mol. The van der Waals surface area contributed by atoms with Gasteiger partial charge >= 0.3 is 0 Å². The maximum atomic E-state index is 12.1. The molecule has 1 fully saturated rings. The van der Waals surface area contributed by atoms with Gasteiger partial charge in [-0.2, -0.15) is 11.8 Å². The van der Waals surface area contributed by atoms with Crippen LogP contribution in [0, 0.1) is 6.92 Å². The summed E-state index contributed by atoms with van der Waals surface area (Å²) in [5.74, 6) is 2.31. The molecule has 1 aliphatic rings. The fourth-order valence-corrected chi connectivity index (χ4v) is 3.78. The maximum Gasteiger partial charge on any atom is 0.248 e. The van der Waals surface area contributed by atoms with E-state index < -0.39 is 0 Å². The lowest BCUT2D eigenvalue weighted by atomic mass is 10.1. The molecule has 3 rings (SSSR count). The minimum Gasteiger partial charge on any atom is -0.323 e. The fourth-order valence-electron chi connectivity index (χ4n) is 2.80. The zero-order chi connectivity index (χ0) is 17.5. The van der Waals surface area contributed by atoms with E-state index in [1.54, 1.807) is 6.08 Å². The molecule has 0 spiro atoms. The van der Waals surface area contributed by atoms with Gasteiger partial charge in [-0.05, 0) is 36.3 Å². The van der Waals surface area contributed by atoms with Gasteiger partial charge in [0.15, 0.2) is 0 Å². The highest BCUT2D eigenvalue weighted by Gasteiger charge is 2.10. The fraction of sp³-hybridized carbons (Fsp3) is 0.286. The molecule has 3 nitrogen and oxygen atoms in total. The maximum absolute atomic E-state index is 12.1. The predicted octanol–water partition coefficient (Wildman–Crippen LogP) is 4.20. The number of nitrogens with one attached hydrogen (secondary N) is 1. The summed E-state index contributed by atoms with van der Waals surface area (Å²) in [4.78, 5) is 14.6. The third-order valence-electron chi connectivity index (χ3n) is 4.21. The molecule has 0 bridgehead atoms. The molecule has 0 unspecified atom stereocenters. The Bertz CT molecular complexity index is 734. The van der Waals surface area contributed by atoms with Crippen LogP contribution in [-0.4, -0.2) is 35.4 Å². The Morgan fingerprint density at radius 1 is 1.16 bits per heavy atom. The standard InChI is InChI=1S/C21H24N2OS/c1-17-5-7-18(8-6-17)9-10-21(24)22-20-4-2-3-19(15-20)16-23-11-13-25-14-12-23/h2-10,15H,11-14,16H2,1H3,(H,22,24)/b10-9+. The van der Waals surface area contributed by atoms with Gasteiger partial charge in [0.05, 0.1) is 0 Å². The number of thioether (sulfide) groups is 1. The van der Waals surface area contributed by atoms with Gasteiger partial charge in [-0.25, -0.2) is 0 Å². The lowest BCUT2D eigenvalue weighted by molar-refractivity contribution is -0.111. The van der Waals surface area contributed by atoms with Gasteiger partial charge in [0.1, 0.15) is 0 Å². The van der Waals surface area contributed by atoms with Gasteiger partial charge in [0.25, 0.3) is 0 Å². The molecule has 2 aromatic carbocycles. The summed E-state index contributed by atoms with van der Waals surface area (Å²) >= 11 is 2.02. The van der Waals surface area contributed by atoms with Crippen molar-refractivity contribution >= 4 is 29.4 Å². The summed E-state index contributed by atoms with van der Waals surface area (Å²) in [6, 6.07) is 16.2. The zero-order valence-corrected chi connectivity index (χ0v) is 15.4. The van der Waals surface area contributed by atoms with Gasteiger partial charge in [-0.15, -0.1) is 0 Å². The molecule has 1 amide bonds. The lowest BCUT2D eigenvalue weighted by Crippen LogP contribution is -2.31. The van der Waals surface area contributed by atoms with Gasteiger partial charge < -0.3 is 5.32 Å². The smallest absolute Gasteiger partial charge is 0.248 e. The van der Waals surface area contributed by atoms with Crippen molar-refractivity contribution in [2.45, 2.75) is 13.5 Å². The van der Waals surface area contributed by atoms with Crippen LogP contribution in [0.3, 0.4) is 0 Å². The number of nitrogens with zero attached hydrogens (tertiary/aromatic N) is 1. The highest BCUT2D eigenvalue weighted by molar-refractivity contribution is 7.99. The lowest BCUT2D eigenvalue weighted by Gasteiger charge is -2.26. The number of rotatable bonds is 5. The van der Waals surface area contributed by atoms with E-state index in [0.717, 1.165) is 30.9 Å². The third-order valence-corrected chi connectivity index (χ3v) is 5.15. The van der Waals surface area contributed by atoms with E-state index in [4.69, 9.17) is 0 Å². The minimum absolute atomic E-state index is 0.105. The SMILES string of the molecule is Cc1ccc(/C=C/C(=O)Nc2cccc(CN3CCSCC3)c2)cc1. The summed E-state index contributed by atoms with van der Waals surface area (Å²) in [5, 5.41) is 2.95. The first-order valence-corrected chi connectivity index (χ1v) is 9.79. The Hall–Kier alpha value is -2.04. The van der Waals surface area contributed by atoms with Crippen molar-refractivity contribution in [3.63, 3.8) is 0 Å². The van der Waals surface area contributed by atoms with E-state index in [0.29, 0.717) is 0 Å². The summed E-state index contributed by atoms with van der Waals surface area (Å²) in [7, 11) is 0. The number of anilines is 1. The highest BCUT2D eigenvalue weighted by Crippen LogP contribution is 2.16. The number of aryl methyl sites for hydroxylation is 1. The summed E-state index contributed by atoms with van der Waals surface area (Å²) in [6.07, 6.45) is 3.42. The third kappa shape index (κ3) is 5.76. The first kappa shape index (κ1) is 17.8. The minimum atomic E-state index is -0.105. The summed E-state index contributed by atoms with van der Waals surface area (Å²) in [6.45, 7) is 5.28. The van der Waals surface area contributed by atoms with Gasteiger partial charge in [0.2, 0.25) is 5.91 Å². The van der Waals surface area contributed by atoms with Crippen molar-refractivity contribution in [2.75, 3.05) is 29.9 Å². The second kappa shape index (κ2) is 8.88. The quantitative estimate of drug-likeness (QED) is 0.819. The molecule has 1 heterocycles. The second-order valence-electron chi connectivity index (χ2n) is 6.32. The van der Waals surface area contributed by atoms with Crippen molar-refractivity contribution in [3.05, 3.63) is 71.3 Å². The molecule has 1 saturated heterocycles. The Balaban J connectivity index is 1.57. The average Bonchev–Trinajstić information content (AvgIpc) is 2.62. The number of hydrogen-bond donors (Lipinski definition) is 1. The summed E-state index contributed by atoms with van der Waals surface area (Å²) in [5.41, 5.74) is 4.33. The van der Waals surface area contributed by atoms with E-state index in [-0.39, 0.29) is 5.91 Å². The molecule has 2 aromatic rings. The molecule has 0 saturated carbocycles. The van der Waals surface area contributed by atoms with Crippen LogP contribution < -0.4 is 5.32 Å². The molecule has 0 aliphatic carbocycles. The van der Waals surface area contributed by atoms with Gasteiger partial charge in [-0.1, -0.05) is 42.0 Å². The van der Waals surface area contributed by atoms with Crippen molar-refractivity contribution < 1.29 is 4.79 Å². The van der Waals surface area contributed by atoms with Crippen molar-refractivity contribution in [3.8, 4) is 0 Å². The predicted molar refractivity (Wildman–Crippen MR) is 108 cm³/mol. The second-order valence-corrected chi connectivity index (χ2v) is 7.55. The Labute approximate surface area is 154 Å². The van der Waals surface area contributed by atoms with E-state index in [1.807, 2.05) is 54.2 Å². The van der Waals surface area contributed by atoms with Crippen LogP contribution in [0.15, 0.2) is 54.6 Å². The van der Waals surface area contributed by atoms with E-state index >= 15 is 0 Å². The summed E-state index contributed by atoms with van der Waals surface area (Å²) < 4.78 is 0. The van der Waals surface area contributed by atoms with Crippen LogP contribution in [0.5, 0.6) is 0 Å². The molecule has 1 aliphatic heterocycles. The molecule has 0 atom stereocenters. The van der Waals surface area contributed by atoms with Crippen LogP contribution in [0.4, 0.5) is 5.69 Å². The monoisotopic (exact) mass is 352 g/mol. The largest absolute Gasteiger partial charge is 0.323 e.